The first-order chi connectivity index (χ1) is 15.6. The van der Waals surface area contributed by atoms with E-state index in [0.717, 1.165) is 25.7 Å². The van der Waals surface area contributed by atoms with E-state index < -0.39 is 16.0 Å². The van der Waals surface area contributed by atoms with Gasteiger partial charge in [0.25, 0.3) is 5.91 Å². The monoisotopic (exact) mass is 479 g/mol. The van der Waals surface area contributed by atoms with Crippen molar-refractivity contribution in [3.05, 3.63) is 29.8 Å². The highest BCUT2D eigenvalue weighted by Crippen LogP contribution is 2.26. The number of sulfonamides is 1. The van der Waals surface area contributed by atoms with E-state index in [9.17, 15) is 22.8 Å². The Kier molecular flexibility index (Phi) is 8.12. The van der Waals surface area contributed by atoms with E-state index in [1.807, 2.05) is 0 Å². The van der Waals surface area contributed by atoms with Gasteiger partial charge in [0, 0.05) is 46.2 Å². The second-order valence-electron chi connectivity index (χ2n) is 8.93. The number of piperazine rings is 1. The topological polar surface area (TPSA) is 104 Å². The Morgan fingerprint density at radius 2 is 1.58 bits per heavy atom. The maximum Gasteiger partial charge on any atom is 0.338 e. The van der Waals surface area contributed by atoms with Gasteiger partial charge in [-0.25, -0.2) is 13.2 Å². The van der Waals surface area contributed by atoms with Gasteiger partial charge in [-0.15, -0.1) is 0 Å². The molecule has 0 spiro atoms. The summed E-state index contributed by atoms with van der Waals surface area (Å²) in [5, 5.41) is 0. The van der Waals surface area contributed by atoms with Gasteiger partial charge >= 0.3 is 5.97 Å². The Balaban J connectivity index is 1.53. The molecule has 1 aromatic rings. The summed E-state index contributed by atoms with van der Waals surface area (Å²) in [5.41, 5.74) is 0.178. The Morgan fingerprint density at radius 3 is 2.12 bits per heavy atom. The Bertz CT molecular complexity index is 962. The van der Waals surface area contributed by atoms with Crippen molar-refractivity contribution < 1.29 is 27.5 Å². The molecule has 10 heteroatoms. The normalized spacial score (nSPS) is 22.0. The van der Waals surface area contributed by atoms with Crippen LogP contribution in [0.5, 0.6) is 0 Å². The van der Waals surface area contributed by atoms with E-state index in [1.165, 1.54) is 35.5 Å². The van der Waals surface area contributed by atoms with Crippen molar-refractivity contribution >= 4 is 27.8 Å². The summed E-state index contributed by atoms with van der Waals surface area (Å²) >= 11 is 0. The Labute approximate surface area is 195 Å². The molecule has 9 nitrogen and oxygen atoms in total. The van der Waals surface area contributed by atoms with Crippen LogP contribution in [0.3, 0.4) is 0 Å². The molecule has 182 valence electrons. The molecule has 0 bridgehead atoms. The van der Waals surface area contributed by atoms with Crippen LogP contribution >= 0.6 is 0 Å². The molecule has 1 aliphatic carbocycles. The molecule has 1 saturated carbocycles. The maximum absolute atomic E-state index is 12.9. The molecule has 0 atom stereocenters. The lowest BCUT2D eigenvalue weighted by molar-refractivity contribution is -0.136. The third kappa shape index (κ3) is 6.11. The molecule has 2 fully saturated rings. The number of benzene rings is 1. The highest BCUT2D eigenvalue weighted by molar-refractivity contribution is 7.89. The fraction of sp³-hybridized carbons (Fsp3) is 0.609. The van der Waals surface area contributed by atoms with Crippen LogP contribution in [-0.2, 0) is 24.3 Å². The third-order valence-electron chi connectivity index (χ3n) is 6.66. The molecule has 1 heterocycles. The number of ether oxygens (including phenoxy) is 1. The minimum Gasteiger partial charge on any atom is -0.452 e. The van der Waals surface area contributed by atoms with Crippen LogP contribution in [0.4, 0.5) is 0 Å². The van der Waals surface area contributed by atoms with Crippen LogP contribution in [0.25, 0.3) is 0 Å². The summed E-state index contributed by atoms with van der Waals surface area (Å²) in [5.74, 6) is -0.313. The minimum atomic E-state index is -3.72. The molecular formula is C23H33N3O6S. The Morgan fingerprint density at radius 1 is 1.00 bits per heavy atom. The molecule has 2 amide bonds. The predicted octanol–water partition coefficient (Wildman–Crippen LogP) is 1.73. The molecule has 0 N–H and O–H groups in total. The number of esters is 1. The van der Waals surface area contributed by atoms with Gasteiger partial charge in [0.1, 0.15) is 0 Å². The van der Waals surface area contributed by atoms with E-state index in [0.29, 0.717) is 19.0 Å². The lowest BCUT2D eigenvalue weighted by atomic mass is 9.87. The summed E-state index contributed by atoms with van der Waals surface area (Å²) in [7, 11) is -1.98. The second kappa shape index (κ2) is 10.6. The first-order valence-electron chi connectivity index (χ1n) is 11.4. The van der Waals surface area contributed by atoms with Crippen LogP contribution < -0.4 is 0 Å². The van der Waals surface area contributed by atoms with E-state index >= 15 is 0 Å². The van der Waals surface area contributed by atoms with Crippen LogP contribution in [0, 0.1) is 5.92 Å². The zero-order valence-corrected chi connectivity index (χ0v) is 20.3. The highest BCUT2D eigenvalue weighted by atomic mass is 32.2. The SMILES string of the molecule is CC(=O)N1CCN(S(=O)(=O)c2ccc(C(=O)OCC(=O)N(C)C3CCC(C)CC3)cc2)CC1. The molecule has 2 aliphatic rings. The third-order valence-corrected chi connectivity index (χ3v) is 8.58. The zero-order chi connectivity index (χ0) is 24.2. The van der Waals surface area contributed by atoms with Crippen LogP contribution in [0.2, 0.25) is 0 Å². The number of likely N-dealkylation sites (N-methyl/N-ethyl adjacent to an activating group) is 1. The van der Waals surface area contributed by atoms with Crippen molar-refractivity contribution in [1.29, 1.82) is 0 Å². The molecule has 1 aromatic carbocycles. The molecule has 0 unspecified atom stereocenters. The molecule has 0 radical (unpaired) electrons. The predicted molar refractivity (Wildman–Crippen MR) is 122 cm³/mol. The number of rotatable bonds is 6. The average molecular weight is 480 g/mol. The van der Waals surface area contributed by atoms with Crippen molar-refractivity contribution in [1.82, 2.24) is 14.1 Å². The summed E-state index contributed by atoms with van der Waals surface area (Å²) in [4.78, 5) is 39.6. The average Bonchev–Trinajstić information content (AvgIpc) is 2.82. The lowest BCUT2D eigenvalue weighted by Gasteiger charge is -2.33. The molecule has 1 saturated heterocycles. The van der Waals surface area contributed by atoms with Gasteiger partial charge in [0.05, 0.1) is 10.5 Å². The second-order valence-corrected chi connectivity index (χ2v) is 10.9. The number of carbonyl (C=O) groups is 3. The van der Waals surface area contributed by atoms with Crippen molar-refractivity contribution in [3.63, 3.8) is 0 Å². The number of hydrogen-bond acceptors (Lipinski definition) is 6. The van der Waals surface area contributed by atoms with Gasteiger partial charge in [-0.3, -0.25) is 9.59 Å². The van der Waals surface area contributed by atoms with Gasteiger partial charge in [-0.05, 0) is 55.9 Å². The van der Waals surface area contributed by atoms with E-state index in [4.69, 9.17) is 4.74 Å². The van der Waals surface area contributed by atoms with Gasteiger partial charge in [-0.2, -0.15) is 4.31 Å². The Hall–Kier alpha value is -2.46. The van der Waals surface area contributed by atoms with E-state index in [-0.39, 0.29) is 48.0 Å². The number of nitrogens with zero attached hydrogens (tertiary/aromatic N) is 3. The molecular weight excluding hydrogens is 446 g/mol. The first kappa shape index (κ1) is 25.2. The van der Waals surface area contributed by atoms with Crippen LogP contribution in [0.15, 0.2) is 29.2 Å². The quantitative estimate of drug-likeness (QED) is 0.576. The molecule has 0 aromatic heterocycles. The van der Waals surface area contributed by atoms with E-state index in [2.05, 4.69) is 6.92 Å². The number of hydrogen-bond donors (Lipinski definition) is 0. The fourth-order valence-corrected chi connectivity index (χ4v) is 5.72. The molecule has 1 aliphatic heterocycles. The molecule has 3 rings (SSSR count). The van der Waals surface area contributed by atoms with Crippen molar-refractivity contribution in [2.24, 2.45) is 5.92 Å². The smallest absolute Gasteiger partial charge is 0.338 e. The minimum absolute atomic E-state index is 0.0673. The standard InChI is InChI=1S/C23H33N3O6S/c1-17-4-8-20(9-5-17)24(3)22(28)16-32-23(29)19-6-10-21(11-7-19)33(30,31)26-14-12-25(13-15-26)18(2)27/h6-7,10-11,17,20H,4-5,8-9,12-16H2,1-3H3. The molecule has 33 heavy (non-hydrogen) atoms. The number of amides is 2. The van der Waals surface area contributed by atoms with Crippen molar-refractivity contribution in [2.45, 2.75) is 50.5 Å². The van der Waals surface area contributed by atoms with Gasteiger partial charge < -0.3 is 14.5 Å². The highest BCUT2D eigenvalue weighted by Gasteiger charge is 2.29. The van der Waals surface area contributed by atoms with E-state index in [1.54, 1.807) is 16.8 Å². The summed E-state index contributed by atoms with van der Waals surface area (Å²) in [6, 6.07) is 5.67. The maximum atomic E-state index is 12.9. The van der Waals surface area contributed by atoms with Crippen molar-refractivity contribution in [2.75, 3.05) is 39.8 Å². The first-order valence-corrected chi connectivity index (χ1v) is 12.8. The fourth-order valence-electron chi connectivity index (χ4n) is 4.30. The van der Waals surface area contributed by atoms with Crippen molar-refractivity contribution in [3.8, 4) is 0 Å². The lowest BCUT2D eigenvalue weighted by Crippen LogP contribution is -2.49. The van der Waals surface area contributed by atoms with Gasteiger partial charge in [0.2, 0.25) is 15.9 Å². The summed E-state index contributed by atoms with van der Waals surface area (Å²) in [6.45, 7) is 4.47. The summed E-state index contributed by atoms with van der Waals surface area (Å²) in [6.07, 6.45) is 4.08. The van der Waals surface area contributed by atoms with Gasteiger partial charge in [0.15, 0.2) is 6.61 Å². The zero-order valence-electron chi connectivity index (χ0n) is 19.5. The van der Waals surface area contributed by atoms with Crippen LogP contribution in [-0.4, -0.2) is 86.2 Å². The largest absolute Gasteiger partial charge is 0.452 e. The van der Waals surface area contributed by atoms with Gasteiger partial charge in [-0.1, -0.05) is 6.92 Å². The number of carbonyl (C=O) groups excluding carboxylic acids is 3. The summed E-state index contributed by atoms with van der Waals surface area (Å²) < 4.78 is 32.2. The van der Waals surface area contributed by atoms with Crippen LogP contribution in [0.1, 0.15) is 49.9 Å².